The molecule has 0 bridgehead atoms. The fourth-order valence-corrected chi connectivity index (χ4v) is 1.81. The molecule has 1 rings (SSSR count). The zero-order valence-electron chi connectivity index (χ0n) is 6.75. The molecule has 12 heavy (non-hydrogen) atoms. The molecule has 1 fully saturated rings. The summed E-state index contributed by atoms with van der Waals surface area (Å²) in [7, 11) is -4.24. The molecule has 0 heterocycles. The van der Waals surface area contributed by atoms with Crippen molar-refractivity contribution < 1.29 is 17.4 Å². The van der Waals surface area contributed by atoms with Gasteiger partial charge in [-0.2, -0.15) is 8.42 Å². The molecular weight excluding hydrogens is 185 g/mol. The monoisotopic (exact) mass is 197 g/mol. The van der Waals surface area contributed by atoms with Crippen molar-refractivity contribution >= 4 is 10.1 Å². The van der Waals surface area contributed by atoms with Gasteiger partial charge in [-0.1, -0.05) is 0 Å². The first kappa shape index (κ1) is 9.88. The lowest BCUT2D eigenvalue weighted by atomic mass is 10.3. The molecule has 0 amide bonds. The summed E-state index contributed by atoms with van der Waals surface area (Å²) >= 11 is 0. The van der Waals surface area contributed by atoms with Gasteiger partial charge in [0.25, 0.3) is 10.1 Å². The second-order valence-corrected chi connectivity index (χ2v) is 4.79. The van der Waals surface area contributed by atoms with Crippen molar-refractivity contribution in [3.05, 3.63) is 0 Å². The van der Waals surface area contributed by atoms with Crippen LogP contribution in [0.3, 0.4) is 0 Å². The SMILES string of the molecule is C[C@](F)(CS(=O)(=O)O)NC1CC1. The maximum Gasteiger partial charge on any atom is 0.269 e. The highest BCUT2D eigenvalue weighted by molar-refractivity contribution is 7.85. The topological polar surface area (TPSA) is 66.4 Å². The van der Waals surface area contributed by atoms with Crippen LogP contribution in [0.2, 0.25) is 0 Å². The molecule has 0 radical (unpaired) electrons. The Labute approximate surface area is 70.9 Å². The summed E-state index contributed by atoms with van der Waals surface area (Å²) in [5.41, 5.74) is 0. The zero-order valence-corrected chi connectivity index (χ0v) is 7.57. The van der Waals surface area contributed by atoms with Crippen LogP contribution in [0, 0.1) is 0 Å². The van der Waals surface area contributed by atoms with Gasteiger partial charge in [-0.15, -0.1) is 0 Å². The van der Waals surface area contributed by atoms with Gasteiger partial charge in [0, 0.05) is 6.04 Å². The standard InChI is InChI=1S/C6H12FNO3S/c1-6(7,4-12(9,10)11)8-5-2-3-5/h5,8H,2-4H2,1H3,(H,9,10,11)/t6-/m1/s1. The molecular formula is C6H12FNO3S. The van der Waals surface area contributed by atoms with E-state index in [4.69, 9.17) is 4.55 Å². The second kappa shape index (κ2) is 2.93. The normalized spacial score (nSPS) is 23.6. The van der Waals surface area contributed by atoms with E-state index < -0.39 is 21.7 Å². The largest absolute Gasteiger partial charge is 0.285 e. The first-order chi connectivity index (χ1) is 5.29. The Morgan fingerprint density at radius 3 is 2.50 bits per heavy atom. The smallest absolute Gasteiger partial charge is 0.269 e. The number of rotatable bonds is 4. The van der Waals surface area contributed by atoms with Crippen LogP contribution >= 0.6 is 0 Å². The summed E-state index contributed by atoms with van der Waals surface area (Å²) in [5, 5.41) is 2.48. The van der Waals surface area contributed by atoms with Gasteiger partial charge in [-0.25, -0.2) is 4.39 Å². The molecule has 6 heteroatoms. The number of hydrogen-bond donors (Lipinski definition) is 2. The van der Waals surface area contributed by atoms with Gasteiger partial charge in [-0.05, 0) is 19.8 Å². The lowest BCUT2D eigenvalue weighted by molar-refractivity contribution is 0.162. The van der Waals surface area contributed by atoms with E-state index in [9.17, 15) is 12.8 Å². The minimum atomic E-state index is -4.24. The van der Waals surface area contributed by atoms with E-state index in [1.165, 1.54) is 0 Å². The molecule has 1 atom stereocenters. The minimum absolute atomic E-state index is 0.0711. The van der Waals surface area contributed by atoms with E-state index in [0.717, 1.165) is 19.8 Å². The molecule has 0 aromatic heterocycles. The highest BCUT2D eigenvalue weighted by Gasteiger charge is 2.35. The number of halogens is 1. The Kier molecular flexibility index (Phi) is 2.42. The van der Waals surface area contributed by atoms with Crippen molar-refractivity contribution in [3.63, 3.8) is 0 Å². The summed E-state index contributed by atoms with van der Waals surface area (Å²) in [6.45, 7) is 1.11. The van der Waals surface area contributed by atoms with Crippen LogP contribution in [-0.2, 0) is 10.1 Å². The van der Waals surface area contributed by atoms with Crippen LogP contribution in [0.25, 0.3) is 0 Å². The zero-order chi connectivity index (χ0) is 9.41. The highest BCUT2D eigenvalue weighted by Crippen LogP contribution is 2.23. The Balaban J connectivity index is 2.46. The minimum Gasteiger partial charge on any atom is -0.285 e. The molecule has 0 spiro atoms. The maximum atomic E-state index is 13.2. The van der Waals surface area contributed by atoms with Crippen LogP contribution in [0.5, 0.6) is 0 Å². The Hall–Kier alpha value is -0.200. The van der Waals surface area contributed by atoms with Crippen molar-refractivity contribution in [3.8, 4) is 0 Å². The fraction of sp³-hybridized carbons (Fsp3) is 1.00. The molecule has 0 unspecified atom stereocenters. The Morgan fingerprint density at radius 1 is 1.67 bits per heavy atom. The average Bonchev–Trinajstić information content (AvgIpc) is 2.39. The van der Waals surface area contributed by atoms with Gasteiger partial charge in [0.15, 0.2) is 5.79 Å². The molecule has 1 aliphatic carbocycles. The van der Waals surface area contributed by atoms with Gasteiger partial charge < -0.3 is 0 Å². The fourth-order valence-electron chi connectivity index (χ4n) is 1.04. The van der Waals surface area contributed by atoms with Crippen molar-refractivity contribution in [2.45, 2.75) is 31.6 Å². The third kappa shape index (κ3) is 3.99. The van der Waals surface area contributed by atoms with Crippen LogP contribution in [-0.4, -0.2) is 30.6 Å². The molecule has 72 valence electrons. The van der Waals surface area contributed by atoms with Crippen molar-refractivity contribution in [1.82, 2.24) is 5.32 Å². The highest BCUT2D eigenvalue weighted by atomic mass is 32.2. The predicted octanol–water partition coefficient (Wildman–Crippen LogP) is 0.312. The van der Waals surface area contributed by atoms with Crippen LogP contribution in [0.4, 0.5) is 4.39 Å². The third-order valence-corrected chi connectivity index (χ3v) is 2.44. The van der Waals surface area contributed by atoms with Gasteiger partial charge in [-0.3, -0.25) is 9.87 Å². The lowest BCUT2D eigenvalue weighted by Crippen LogP contribution is -2.45. The van der Waals surface area contributed by atoms with Gasteiger partial charge in [0.1, 0.15) is 5.75 Å². The summed E-state index contributed by atoms with van der Waals surface area (Å²) in [6, 6.07) is 0.0711. The Morgan fingerprint density at radius 2 is 2.17 bits per heavy atom. The molecule has 2 N–H and O–H groups in total. The second-order valence-electron chi connectivity index (χ2n) is 3.34. The maximum absolute atomic E-state index is 13.2. The molecule has 0 aromatic carbocycles. The van der Waals surface area contributed by atoms with Crippen molar-refractivity contribution in [1.29, 1.82) is 0 Å². The van der Waals surface area contributed by atoms with E-state index in [2.05, 4.69) is 5.32 Å². The number of nitrogens with one attached hydrogen (secondary N) is 1. The van der Waals surface area contributed by atoms with Crippen LogP contribution < -0.4 is 5.32 Å². The molecule has 1 saturated carbocycles. The predicted molar refractivity (Wildman–Crippen MR) is 42.1 cm³/mol. The molecule has 0 saturated heterocycles. The van der Waals surface area contributed by atoms with Gasteiger partial charge in [0.05, 0.1) is 0 Å². The first-order valence-corrected chi connectivity index (χ1v) is 5.31. The van der Waals surface area contributed by atoms with Crippen LogP contribution in [0.15, 0.2) is 0 Å². The molecule has 0 aliphatic heterocycles. The van der Waals surface area contributed by atoms with Crippen molar-refractivity contribution in [2.24, 2.45) is 0 Å². The first-order valence-electron chi connectivity index (χ1n) is 3.70. The number of hydrogen-bond acceptors (Lipinski definition) is 3. The summed E-state index contributed by atoms with van der Waals surface area (Å²) < 4.78 is 42.3. The van der Waals surface area contributed by atoms with Gasteiger partial charge >= 0.3 is 0 Å². The van der Waals surface area contributed by atoms with Gasteiger partial charge in [0.2, 0.25) is 0 Å². The third-order valence-electron chi connectivity index (χ3n) is 1.54. The van der Waals surface area contributed by atoms with Crippen molar-refractivity contribution in [2.75, 3.05) is 5.75 Å². The summed E-state index contributed by atoms with van der Waals surface area (Å²) in [4.78, 5) is 0. The van der Waals surface area contributed by atoms with E-state index >= 15 is 0 Å². The van der Waals surface area contributed by atoms with E-state index in [-0.39, 0.29) is 6.04 Å². The Bertz CT molecular complexity index is 258. The number of alkyl halides is 1. The van der Waals surface area contributed by atoms with E-state index in [0.29, 0.717) is 0 Å². The lowest BCUT2D eigenvalue weighted by Gasteiger charge is -2.19. The van der Waals surface area contributed by atoms with E-state index in [1.807, 2.05) is 0 Å². The summed E-state index contributed by atoms with van der Waals surface area (Å²) in [6.07, 6.45) is 1.73. The summed E-state index contributed by atoms with van der Waals surface area (Å²) in [5.74, 6) is -2.91. The van der Waals surface area contributed by atoms with Crippen LogP contribution in [0.1, 0.15) is 19.8 Å². The molecule has 4 nitrogen and oxygen atoms in total. The molecule has 1 aliphatic rings. The average molecular weight is 197 g/mol. The molecule has 0 aromatic rings. The quantitative estimate of drug-likeness (QED) is 0.503. The van der Waals surface area contributed by atoms with E-state index in [1.54, 1.807) is 0 Å².